The zero-order chi connectivity index (χ0) is 14.3. The van der Waals surface area contributed by atoms with Crippen LogP contribution < -0.4 is 0 Å². The fraction of sp³-hybridized carbons (Fsp3) is 0.286. The third-order valence-electron chi connectivity index (χ3n) is 3.43. The normalized spacial score (nSPS) is 13.9. The minimum Gasteiger partial charge on any atom is -0.378 e. The molecule has 0 saturated heterocycles. The van der Waals surface area contributed by atoms with Crippen LogP contribution >= 0.6 is 11.6 Å². The van der Waals surface area contributed by atoms with Gasteiger partial charge in [0.2, 0.25) is 0 Å². The Morgan fingerprint density at radius 1 is 1.45 bits per heavy atom. The lowest BCUT2D eigenvalue weighted by molar-refractivity contribution is 0.0786. The first-order chi connectivity index (χ1) is 9.63. The molecular formula is C14H14ClN3O2. The number of rotatable bonds is 2. The van der Waals surface area contributed by atoms with Crippen molar-refractivity contribution in [1.29, 1.82) is 0 Å². The molecule has 1 aromatic carbocycles. The van der Waals surface area contributed by atoms with Crippen molar-refractivity contribution >= 4 is 17.5 Å². The van der Waals surface area contributed by atoms with Crippen LogP contribution in [0, 0.1) is 0 Å². The van der Waals surface area contributed by atoms with Gasteiger partial charge in [-0.1, -0.05) is 17.7 Å². The largest absolute Gasteiger partial charge is 0.378 e. The van der Waals surface area contributed by atoms with E-state index in [-0.39, 0.29) is 5.91 Å². The Balaban J connectivity index is 2.26. The number of hydrogen-bond donors (Lipinski definition) is 0. The van der Waals surface area contributed by atoms with E-state index in [1.807, 2.05) is 16.7 Å². The van der Waals surface area contributed by atoms with Crippen LogP contribution in [0.5, 0.6) is 0 Å². The highest BCUT2D eigenvalue weighted by molar-refractivity contribution is 6.34. The molecule has 0 aliphatic carbocycles. The van der Waals surface area contributed by atoms with Crippen molar-refractivity contribution in [3.8, 4) is 5.69 Å². The fourth-order valence-electron chi connectivity index (χ4n) is 2.46. The maximum Gasteiger partial charge on any atom is 0.257 e. The number of aromatic nitrogens is 2. The molecule has 20 heavy (non-hydrogen) atoms. The van der Waals surface area contributed by atoms with Crippen molar-refractivity contribution in [2.45, 2.75) is 13.2 Å². The van der Waals surface area contributed by atoms with Crippen molar-refractivity contribution in [2.75, 3.05) is 14.2 Å². The topological polar surface area (TPSA) is 47.4 Å². The van der Waals surface area contributed by atoms with Gasteiger partial charge >= 0.3 is 0 Å². The van der Waals surface area contributed by atoms with Crippen LogP contribution in [-0.2, 0) is 17.9 Å². The molecule has 3 rings (SSSR count). The average Bonchev–Trinajstić information content (AvgIpc) is 2.76. The second-order valence-corrected chi connectivity index (χ2v) is 5.14. The first-order valence-electron chi connectivity index (χ1n) is 6.22. The lowest BCUT2D eigenvalue weighted by Gasteiger charge is -2.15. The maximum atomic E-state index is 12.5. The number of methoxy groups -OCH3 is 1. The molecule has 0 spiro atoms. The number of hydrogen-bond acceptors (Lipinski definition) is 3. The van der Waals surface area contributed by atoms with E-state index in [1.54, 1.807) is 31.5 Å². The van der Waals surface area contributed by atoms with Gasteiger partial charge in [-0.2, -0.15) is 0 Å². The highest BCUT2D eigenvalue weighted by Crippen LogP contribution is 2.30. The van der Waals surface area contributed by atoms with Crippen LogP contribution in [0.2, 0.25) is 5.02 Å². The van der Waals surface area contributed by atoms with Gasteiger partial charge < -0.3 is 14.2 Å². The van der Waals surface area contributed by atoms with Crippen molar-refractivity contribution in [2.24, 2.45) is 0 Å². The SMILES string of the molecule is COCc1ncn2c1CN(C)C(=O)c1c(Cl)cccc1-2. The number of carbonyl (C=O) groups is 1. The molecule has 104 valence electrons. The van der Waals surface area contributed by atoms with E-state index < -0.39 is 0 Å². The Morgan fingerprint density at radius 3 is 3.00 bits per heavy atom. The molecule has 1 amide bonds. The van der Waals surface area contributed by atoms with E-state index in [2.05, 4.69) is 4.98 Å². The number of fused-ring (bicyclic) bond motifs is 3. The van der Waals surface area contributed by atoms with Crippen LogP contribution in [0.25, 0.3) is 5.69 Å². The van der Waals surface area contributed by atoms with Crippen molar-refractivity contribution in [3.63, 3.8) is 0 Å². The molecule has 1 aromatic heterocycles. The molecule has 0 atom stereocenters. The zero-order valence-corrected chi connectivity index (χ0v) is 12.0. The number of ether oxygens (including phenoxy) is 1. The first-order valence-corrected chi connectivity index (χ1v) is 6.59. The standard InChI is InChI=1S/C14H14ClN3O2/c1-17-6-12-10(7-20-2)16-8-18(12)11-5-3-4-9(15)13(11)14(17)19/h3-5,8H,6-7H2,1-2H3. The Labute approximate surface area is 121 Å². The lowest BCUT2D eigenvalue weighted by Crippen LogP contribution is -2.25. The Bertz CT molecular complexity index is 681. The molecule has 0 radical (unpaired) electrons. The van der Waals surface area contributed by atoms with E-state index in [1.165, 1.54) is 0 Å². The minimum atomic E-state index is -0.0855. The summed E-state index contributed by atoms with van der Waals surface area (Å²) in [5, 5.41) is 0.453. The summed E-state index contributed by atoms with van der Waals surface area (Å²) in [7, 11) is 3.39. The molecule has 1 aliphatic heterocycles. The zero-order valence-electron chi connectivity index (χ0n) is 11.3. The quantitative estimate of drug-likeness (QED) is 0.853. The maximum absolute atomic E-state index is 12.5. The third-order valence-corrected chi connectivity index (χ3v) is 3.75. The minimum absolute atomic E-state index is 0.0855. The van der Waals surface area contributed by atoms with E-state index in [4.69, 9.17) is 16.3 Å². The highest BCUT2D eigenvalue weighted by atomic mass is 35.5. The highest BCUT2D eigenvalue weighted by Gasteiger charge is 2.27. The monoisotopic (exact) mass is 291 g/mol. The van der Waals surface area contributed by atoms with Crippen LogP contribution in [0.4, 0.5) is 0 Å². The Kier molecular flexibility index (Phi) is 3.23. The fourth-order valence-corrected chi connectivity index (χ4v) is 2.71. The molecule has 2 heterocycles. The molecule has 0 fully saturated rings. The average molecular weight is 292 g/mol. The van der Waals surface area contributed by atoms with Crippen LogP contribution in [0.1, 0.15) is 21.7 Å². The summed E-state index contributed by atoms with van der Waals surface area (Å²) in [5.41, 5.74) is 3.05. The number of nitrogens with zero attached hydrogens (tertiary/aromatic N) is 3. The van der Waals surface area contributed by atoms with Crippen LogP contribution in [0.15, 0.2) is 24.5 Å². The number of benzene rings is 1. The molecule has 1 aliphatic rings. The lowest BCUT2D eigenvalue weighted by atomic mass is 10.1. The number of halogens is 1. The van der Waals surface area contributed by atoms with E-state index in [9.17, 15) is 4.79 Å². The number of imidazole rings is 1. The van der Waals surface area contributed by atoms with E-state index >= 15 is 0 Å². The second-order valence-electron chi connectivity index (χ2n) is 4.74. The van der Waals surface area contributed by atoms with Gasteiger partial charge in [-0.15, -0.1) is 0 Å². The predicted octanol–water partition coefficient (Wildman–Crippen LogP) is 2.26. The molecule has 5 nitrogen and oxygen atoms in total. The summed E-state index contributed by atoms with van der Waals surface area (Å²) in [6.07, 6.45) is 1.71. The first kappa shape index (κ1) is 13.1. The van der Waals surface area contributed by atoms with Gasteiger partial charge in [-0.05, 0) is 12.1 Å². The second kappa shape index (κ2) is 4.92. The third kappa shape index (κ3) is 1.90. The Morgan fingerprint density at radius 2 is 2.25 bits per heavy atom. The number of carbonyl (C=O) groups excluding carboxylic acids is 1. The molecule has 0 saturated carbocycles. The molecular weight excluding hydrogens is 278 g/mol. The van der Waals surface area contributed by atoms with Crippen molar-refractivity contribution in [3.05, 3.63) is 46.5 Å². The smallest absolute Gasteiger partial charge is 0.257 e. The van der Waals surface area contributed by atoms with Gasteiger partial charge in [-0.3, -0.25) is 4.79 Å². The predicted molar refractivity (Wildman–Crippen MR) is 75.1 cm³/mol. The molecule has 0 unspecified atom stereocenters. The van der Waals surface area contributed by atoms with Crippen molar-refractivity contribution in [1.82, 2.24) is 14.5 Å². The molecule has 0 N–H and O–H groups in total. The summed E-state index contributed by atoms with van der Waals surface area (Å²) in [6.45, 7) is 0.892. The van der Waals surface area contributed by atoms with Gasteiger partial charge in [0, 0.05) is 14.2 Å². The van der Waals surface area contributed by atoms with Gasteiger partial charge in [-0.25, -0.2) is 4.98 Å². The van der Waals surface area contributed by atoms with Gasteiger partial charge in [0.15, 0.2) is 0 Å². The van der Waals surface area contributed by atoms with E-state index in [0.29, 0.717) is 23.7 Å². The Hall–Kier alpha value is -1.85. The summed E-state index contributed by atoms with van der Waals surface area (Å²) in [6, 6.07) is 5.43. The molecule has 2 aromatic rings. The number of amides is 1. The molecule has 0 bridgehead atoms. The molecule has 6 heteroatoms. The summed E-state index contributed by atoms with van der Waals surface area (Å²) in [5.74, 6) is -0.0855. The van der Waals surface area contributed by atoms with Crippen LogP contribution in [-0.4, -0.2) is 34.5 Å². The summed E-state index contributed by atoms with van der Waals surface area (Å²) < 4.78 is 7.08. The summed E-state index contributed by atoms with van der Waals surface area (Å²) >= 11 is 6.20. The van der Waals surface area contributed by atoms with Gasteiger partial charge in [0.1, 0.15) is 0 Å². The van der Waals surface area contributed by atoms with E-state index in [0.717, 1.165) is 17.1 Å². The van der Waals surface area contributed by atoms with Gasteiger partial charge in [0.05, 0.1) is 47.1 Å². The van der Waals surface area contributed by atoms with Gasteiger partial charge in [0.25, 0.3) is 5.91 Å². The van der Waals surface area contributed by atoms with Crippen molar-refractivity contribution < 1.29 is 9.53 Å². The summed E-state index contributed by atoms with van der Waals surface area (Å²) in [4.78, 5) is 18.5. The van der Waals surface area contributed by atoms with Crippen LogP contribution in [0.3, 0.4) is 0 Å².